The van der Waals surface area contributed by atoms with Crippen LogP contribution in [0.3, 0.4) is 0 Å². The molecule has 0 N–H and O–H groups in total. The molecule has 3 aromatic rings. The van der Waals surface area contributed by atoms with Gasteiger partial charge in [-0.25, -0.2) is 0 Å². The Balaban J connectivity index is 1.71. The molecule has 0 aromatic heterocycles. The average molecular weight is 424 g/mol. The molecule has 2 heteroatoms. The van der Waals surface area contributed by atoms with Gasteiger partial charge in [-0.05, 0) is 68.3 Å². The molecule has 2 unspecified atom stereocenters. The summed E-state index contributed by atoms with van der Waals surface area (Å²) >= 11 is 0. The standard InChI is InChI=1S/C30H32N2/c1-21-13-7-11-19-27(21)31-22(2)29-30(25-16-8-9-17-25,24-14-5-4-6-15-24)26-18-10-12-20-28(26)32(29)23(31)3/h4-7,10-15,18-20,23,25H,8-9,16-17H2,1-3H3/i3D3. The Labute approximate surface area is 196 Å². The quantitative estimate of drug-likeness (QED) is 0.433. The van der Waals surface area contributed by atoms with E-state index in [1.165, 1.54) is 24.0 Å². The molecule has 1 saturated carbocycles. The maximum atomic E-state index is 8.73. The van der Waals surface area contributed by atoms with Gasteiger partial charge >= 0.3 is 0 Å². The molecule has 0 bridgehead atoms. The van der Waals surface area contributed by atoms with Crippen molar-refractivity contribution < 1.29 is 4.11 Å². The number of hydrogen-bond donors (Lipinski definition) is 0. The van der Waals surface area contributed by atoms with Crippen LogP contribution in [0, 0.1) is 12.8 Å². The largest absolute Gasteiger partial charge is 0.322 e. The molecule has 2 heterocycles. The maximum Gasteiger partial charge on any atom is 0.108 e. The van der Waals surface area contributed by atoms with Crippen molar-refractivity contribution in [1.29, 1.82) is 0 Å². The van der Waals surface area contributed by atoms with Gasteiger partial charge in [-0.3, -0.25) is 0 Å². The van der Waals surface area contributed by atoms with Gasteiger partial charge in [0.25, 0.3) is 0 Å². The van der Waals surface area contributed by atoms with Gasteiger partial charge in [0.05, 0.1) is 11.1 Å². The minimum atomic E-state index is -2.21. The Hall–Kier alpha value is -3.00. The molecule has 6 rings (SSSR count). The SMILES string of the molecule is [2H]C([2H])([2H])C1N(c2ccccc2C)C(C)=C2N1c1ccccc1C2(c1ccccc1)C1CCCC1. The van der Waals surface area contributed by atoms with E-state index >= 15 is 0 Å². The summed E-state index contributed by atoms with van der Waals surface area (Å²) < 4.78 is 26.2. The smallest absolute Gasteiger partial charge is 0.108 e. The van der Waals surface area contributed by atoms with Crippen LogP contribution in [0.15, 0.2) is 90.3 Å². The molecule has 0 spiro atoms. The summed E-state index contributed by atoms with van der Waals surface area (Å²) in [6.07, 6.45) is 3.95. The summed E-state index contributed by atoms with van der Waals surface area (Å²) in [6, 6.07) is 27.5. The number of allylic oxidation sites excluding steroid dienone is 2. The van der Waals surface area contributed by atoms with Crippen LogP contribution in [0.2, 0.25) is 0 Å². The van der Waals surface area contributed by atoms with Gasteiger partial charge in [0.2, 0.25) is 0 Å². The molecule has 0 radical (unpaired) electrons. The van der Waals surface area contributed by atoms with Crippen LogP contribution in [-0.4, -0.2) is 6.17 Å². The number of nitrogens with zero attached hydrogens (tertiary/aromatic N) is 2. The number of aryl methyl sites for hydroxylation is 1. The van der Waals surface area contributed by atoms with E-state index in [4.69, 9.17) is 4.11 Å². The predicted octanol–water partition coefficient (Wildman–Crippen LogP) is 7.39. The highest BCUT2D eigenvalue weighted by Crippen LogP contribution is 2.62. The van der Waals surface area contributed by atoms with Crippen LogP contribution in [-0.2, 0) is 5.41 Å². The second-order valence-corrected chi connectivity index (χ2v) is 9.51. The lowest BCUT2D eigenvalue weighted by molar-refractivity contribution is 0.380. The van der Waals surface area contributed by atoms with Gasteiger partial charge in [0, 0.05) is 21.2 Å². The number of anilines is 2. The van der Waals surface area contributed by atoms with Crippen LogP contribution >= 0.6 is 0 Å². The van der Waals surface area contributed by atoms with Crippen molar-refractivity contribution >= 4 is 11.4 Å². The topological polar surface area (TPSA) is 6.48 Å². The number of para-hydroxylation sites is 2. The molecule has 2 aliphatic heterocycles. The zero-order chi connectivity index (χ0) is 24.4. The van der Waals surface area contributed by atoms with Gasteiger partial charge in [0.1, 0.15) is 6.17 Å². The van der Waals surface area contributed by atoms with Gasteiger partial charge in [-0.1, -0.05) is 79.6 Å². The predicted molar refractivity (Wildman–Crippen MR) is 134 cm³/mol. The third-order valence-electron chi connectivity index (χ3n) is 7.97. The summed E-state index contributed by atoms with van der Waals surface area (Å²) in [4.78, 5) is 4.27. The molecule has 1 aliphatic carbocycles. The Morgan fingerprint density at radius 2 is 1.44 bits per heavy atom. The monoisotopic (exact) mass is 423 g/mol. The first-order chi connectivity index (χ1) is 16.9. The van der Waals surface area contributed by atoms with Crippen LogP contribution in [0.1, 0.15) is 60.3 Å². The second-order valence-electron chi connectivity index (χ2n) is 9.51. The summed E-state index contributed by atoms with van der Waals surface area (Å²) in [7, 11) is 0. The van der Waals surface area contributed by atoms with Crippen molar-refractivity contribution in [2.75, 3.05) is 9.80 Å². The molecular weight excluding hydrogens is 388 g/mol. The van der Waals surface area contributed by atoms with Crippen molar-refractivity contribution in [3.63, 3.8) is 0 Å². The summed E-state index contributed by atoms with van der Waals surface area (Å²) in [6.45, 7) is 2.00. The minimum absolute atomic E-state index is 0.362. The number of benzene rings is 3. The van der Waals surface area contributed by atoms with Crippen LogP contribution in [0.5, 0.6) is 0 Å². The number of rotatable bonds is 3. The summed E-state index contributed by atoms with van der Waals surface area (Å²) in [5.74, 6) is 0.426. The zero-order valence-electron chi connectivity index (χ0n) is 21.9. The molecule has 3 aliphatic rings. The van der Waals surface area contributed by atoms with E-state index in [2.05, 4.69) is 90.4 Å². The van der Waals surface area contributed by atoms with Gasteiger partial charge in [0.15, 0.2) is 0 Å². The lowest BCUT2D eigenvalue weighted by Crippen LogP contribution is -2.40. The van der Waals surface area contributed by atoms with Crippen molar-refractivity contribution in [2.24, 2.45) is 5.92 Å². The molecule has 3 aromatic carbocycles. The fourth-order valence-electron chi connectivity index (χ4n) is 6.73. The second kappa shape index (κ2) is 7.27. The molecule has 0 amide bonds. The lowest BCUT2D eigenvalue weighted by atomic mass is 9.64. The number of hydrogen-bond acceptors (Lipinski definition) is 2. The average Bonchev–Trinajstić information content (AvgIpc) is 3.55. The van der Waals surface area contributed by atoms with E-state index in [1.807, 2.05) is 12.1 Å². The van der Waals surface area contributed by atoms with Gasteiger partial charge in [-0.15, -0.1) is 0 Å². The van der Waals surface area contributed by atoms with E-state index in [0.717, 1.165) is 41.2 Å². The molecule has 32 heavy (non-hydrogen) atoms. The van der Waals surface area contributed by atoms with E-state index in [-0.39, 0.29) is 5.41 Å². The maximum absolute atomic E-state index is 8.73. The highest BCUT2D eigenvalue weighted by Gasteiger charge is 2.58. The molecule has 2 atom stereocenters. The Morgan fingerprint density at radius 3 is 2.16 bits per heavy atom. The van der Waals surface area contributed by atoms with E-state index < -0.39 is 13.0 Å². The van der Waals surface area contributed by atoms with Crippen molar-refractivity contribution in [2.45, 2.75) is 58.0 Å². The van der Waals surface area contributed by atoms with Crippen LogP contribution < -0.4 is 9.80 Å². The summed E-state index contributed by atoms with van der Waals surface area (Å²) in [5, 5.41) is 0. The fourth-order valence-corrected chi connectivity index (χ4v) is 6.73. The lowest BCUT2D eigenvalue weighted by Gasteiger charge is -2.39. The molecular formula is C30H32N2. The first-order valence-corrected chi connectivity index (χ1v) is 11.9. The molecule has 162 valence electrons. The van der Waals surface area contributed by atoms with Crippen LogP contribution in [0.4, 0.5) is 11.4 Å². The van der Waals surface area contributed by atoms with Gasteiger partial charge in [-0.2, -0.15) is 0 Å². The van der Waals surface area contributed by atoms with Crippen LogP contribution in [0.25, 0.3) is 0 Å². The molecule has 2 nitrogen and oxygen atoms in total. The number of fused-ring (bicyclic) bond motifs is 3. The van der Waals surface area contributed by atoms with Crippen molar-refractivity contribution in [3.05, 3.63) is 107 Å². The Kier molecular flexibility index (Phi) is 3.77. The molecule has 1 fully saturated rings. The third-order valence-corrected chi connectivity index (χ3v) is 7.97. The third kappa shape index (κ3) is 2.47. The van der Waals surface area contributed by atoms with E-state index in [0.29, 0.717) is 5.92 Å². The summed E-state index contributed by atoms with van der Waals surface area (Å²) in [5.41, 5.74) is 7.46. The Morgan fingerprint density at radius 1 is 0.781 bits per heavy atom. The highest BCUT2D eigenvalue weighted by atomic mass is 15.4. The van der Waals surface area contributed by atoms with Gasteiger partial charge < -0.3 is 9.80 Å². The van der Waals surface area contributed by atoms with E-state index in [9.17, 15) is 0 Å². The normalized spacial score (nSPS) is 26.7. The van der Waals surface area contributed by atoms with E-state index in [1.54, 1.807) is 0 Å². The Bertz CT molecular complexity index is 1290. The molecule has 0 saturated heterocycles. The minimum Gasteiger partial charge on any atom is -0.322 e. The first-order valence-electron chi connectivity index (χ1n) is 13.4. The fraction of sp³-hybridized carbons (Fsp3) is 0.333. The van der Waals surface area contributed by atoms with Crippen molar-refractivity contribution in [3.8, 4) is 0 Å². The highest BCUT2D eigenvalue weighted by molar-refractivity contribution is 5.81. The first kappa shape index (κ1) is 16.6. The van der Waals surface area contributed by atoms with Crippen molar-refractivity contribution in [1.82, 2.24) is 0 Å². The zero-order valence-corrected chi connectivity index (χ0v) is 18.9.